The van der Waals surface area contributed by atoms with E-state index in [2.05, 4.69) is 0 Å². The van der Waals surface area contributed by atoms with Gasteiger partial charge in [-0.1, -0.05) is 72.8 Å². The van der Waals surface area contributed by atoms with Crippen LogP contribution in [0.3, 0.4) is 0 Å². The molecule has 0 fully saturated rings. The number of nitrogens with two attached hydrogens (primary N) is 1. The molecule has 0 aliphatic rings. The molecular formula is C30H28N2O4. The number of nitrogen functional groups attached to an aromatic ring is 1. The molecule has 0 unspecified atom stereocenters. The monoisotopic (exact) mass is 480 g/mol. The number of carbonyl (C=O) groups is 2. The van der Waals surface area contributed by atoms with E-state index in [-0.39, 0.29) is 17.3 Å². The average Bonchev–Trinajstić information content (AvgIpc) is 2.86. The van der Waals surface area contributed by atoms with E-state index in [9.17, 15) is 19.7 Å². The molecule has 0 atom stereocenters. The summed E-state index contributed by atoms with van der Waals surface area (Å²) in [5.74, 6) is 0.133. The van der Waals surface area contributed by atoms with Gasteiger partial charge < -0.3 is 5.73 Å². The maximum absolute atomic E-state index is 11.5. The lowest BCUT2D eigenvalue weighted by Crippen LogP contribution is -2.00. The highest BCUT2D eigenvalue weighted by Crippen LogP contribution is 2.18. The van der Waals surface area contributed by atoms with E-state index in [1.165, 1.54) is 19.1 Å². The van der Waals surface area contributed by atoms with Crippen LogP contribution in [0.15, 0.2) is 97.1 Å². The van der Waals surface area contributed by atoms with Crippen LogP contribution in [0.25, 0.3) is 0 Å². The van der Waals surface area contributed by atoms with E-state index in [1.807, 2.05) is 66.7 Å². The molecule has 4 aromatic rings. The molecular weight excluding hydrogens is 452 g/mol. The normalized spacial score (nSPS) is 10.2. The zero-order chi connectivity index (χ0) is 26.1. The van der Waals surface area contributed by atoms with Crippen molar-refractivity contribution >= 4 is 22.9 Å². The second-order valence-electron chi connectivity index (χ2n) is 8.45. The standard InChI is InChI=1S/C15H13NO3.C15H15NO/c1-11(17)15-5-3-2-4-13(15)10-12-6-8-14(9-7-12)16(18)19;1-11(17)15-5-3-2-4-13(15)10-12-6-8-14(16)9-7-12/h2-9H,10H2,1H3;2-9H,10,16H2,1H3. The Hall–Kier alpha value is -4.58. The van der Waals surface area contributed by atoms with Gasteiger partial charge >= 0.3 is 0 Å². The van der Waals surface area contributed by atoms with Crippen molar-refractivity contribution in [2.75, 3.05) is 5.73 Å². The molecule has 0 saturated heterocycles. The van der Waals surface area contributed by atoms with E-state index in [0.717, 1.165) is 39.9 Å². The van der Waals surface area contributed by atoms with Crippen LogP contribution in [0.1, 0.15) is 56.8 Å². The first-order valence-corrected chi connectivity index (χ1v) is 11.5. The van der Waals surface area contributed by atoms with Crippen LogP contribution in [0.4, 0.5) is 11.4 Å². The van der Waals surface area contributed by atoms with E-state index in [1.54, 1.807) is 25.1 Å². The fourth-order valence-electron chi connectivity index (χ4n) is 3.85. The summed E-state index contributed by atoms with van der Waals surface area (Å²) in [5.41, 5.74) is 12.1. The lowest BCUT2D eigenvalue weighted by Gasteiger charge is -2.07. The Morgan fingerprint density at radius 2 is 1.06 bits per heavy atom. The predicted molar refractivity (Wildman–Crippen MR) is 142 cm³/mol. The largest absolute Gasteiger partial charge is 0.399 e. The highest BCUT2D eigenvalue weighted by atomic mass is 16.6. The Morgan fingerprint density at radius 3 is 1.44 bits per heavy atom. The molecule has 0 aliphatic heterocycles. The summed E-state index contributed by atoms with van der Waals surface area (Å²) in [6, 6.07) is 29.3. The number of nitro benzene ring substituents is 1. The third-order valence-corrected chi connectivity index (χ3v) is 5.71. The van der Waals surface area contributed by atoms with Crippen molar-refractivity contribution in [3.8, 4) is 0 Å². The van der Waals surface area contributed by atoms with Crippen molar-refractivity contribution in [1.82, 2.24) is 0 Å². The molecule has 182 valence electrons. The summed E-state index contributed by atoms with van der Waals surface area (Å²) in [5, 5.41) is 10.6. The number of rotatable bonds is 7. The van der Waals surface area contributed by atoms with Crippen molar-refractivity contribution in [2.24, 2.45) is 0 Å². The van der Waals surface area contributed by atoms with Gasteiger partial charge in [0.2, 0.25) is 0 Å². The van der Waals surface area contributed by atoms with E-state index in [0.29, 0.717) is 12.0 Å². The first-order valence-electron chi connectivity index (χ1n) is 11.5. The van der Waals surface area contributed by atoms with Crippen LogP contribution in [0.2, 0.25) is 0 Å². The van der Waals surface area contributed by atoms with Crippen molar-refractivity contribution < 1.29 is 14.5 Å². The zero-order valence-electron chi connectivity index (χ0n) is 20.3. The third kappa shape index (κ3) is 7.21. The fourth-order valence-corrected chi connectivity index (χ4v) is 3.85. The molecule has 6 heteroatoms. The molecule has 0 radical (unpaired) electrons. The van der Waals surface area contributed by atoms with Crippen LogP contribution >= 0.6 is 0 Å². The van der Waals surface area contributed by atoms with Gasteiger partial charge in [-0.2, -0.15) is 0 Å². The Labute approximate surface area is 210 Å². The number of non-ortho nitro benzene ring substituents is 1. The maximum Gasteiger partial charge on any atom is 0.269 e. The first kappa shape index (κ1) is 26.0. The van der Waals surface area contributed by atoms with Crippen LogP contribution in [-0.2, 0) is 12.8 Å². The molecule has 0 saturated carbocycles. The van der Waals surface area contributed by atoms with Gasteiger partial charge in [-0.15, -0.1) is 0 Å². The number of anilines is 1. The summed E-state index contributed by atoms with van der Waals surface area (Å²) < 4.78 is 0. The maximum atomic E-state index is 11.5. The summed E-state index contributed by atoms with van der Waals surface area (Å²) in [4.78, 5) is 33.2. The Bertz CT molecular complexity index is 1360. The van der Waals surface area contributed by atoms with Gasteiger partial charge in [-0.05, 0) is 61.1 Å². The van der Waals surface area contributed by atoms with E-state index in [4.69, 9.17) is 5.73 Å². The molecule has 0 aliphatic carbocycles. The number of nitrogens with zero attached hydrogens (tertiary/aromatic N) is 1. The topological polar surface area (TPSA) is 103 Å². The quantitative estimate of drug-likeness (QED) is 0.142. The van der Waals surface area contributed by atoms with Crippen LogP contribution in [0.5, 0.6) is 0 Å². The SMILES string of the molecule is CC(=O)c1ccccc1Cc1ccc(N)cc1.CC(=O)c1ccccc1Cc1ccc([N+](=O)[O-])cc1. The van der Waals surface area contributed by atoms with Gasteiger partial charge in [0, 0.05) is 28.9 Å². The number of benzene rings is 4. The molecule has 2 N–H and O–H groups in total. The Kier molecular flexibility index (Phi) is 8.84. The molecule has 0 bridgehead atoms. The molecule has 0 spiro atoms. The summed E-state index contributed by atoms with van der Waals surface area (Å²) in [7, 11) is 0. The number of carbonyl (C=O) groups excluding carboxylic acids is 2. The van der Waals surface area contributed by atoms with Crippen molar-refractivity contribution in [2.45, 2.75) is 26.7 Å². The van der Waals surface area contributed by atoms with Gasteiger partial charge in [-0.25, -0.2) is 0 Å². The van der Waals surface area contributed by atoms with Crippen molar-refractivity contribution in [1.29, 1.82) is 0 Å². The van der Waals surface area contributed by atoms with Gasteiger partial charge in [0.05, 0.1) is 4.92 Å². The minimum absolute atomic E-state index is 0.0255. The second kappa shape index (κ2) is 12.2. The lowest BCUT2D eigenvalue weighted by molar-refractivity contribution is -0.384. The zero-order valence-corrected chi connectivity index (χ0v) is 20.3. The summed E-state index contributed by atoms with van der Waals surface area (Å²) in [6.07, 6.45) is 1.35. The highest BCUT2D eigenvalue weighted by molar-refractivity contribution is 5.96. The fraction of sp³-hybridized carbons (Fsp3) is 0.133. The number of nitro groups is 1. The predicted octanol–water partition coefficient (Wildman–Crippen LogP) is 6.45. The summed E-state index contributed by atoms with van der Waals surface area (Å²) >= 11 is 0. The number of hydrogen-bond donors (Lipinski definition) is 1. The minimum atomic E-state index is -0.423. The first-order chi connectivity index (χ1) is 17.2. The number of Topliss-reactive ketones (excluding diaryl/α,β-unsaturated/α-hetero) is 2. The molecule has 0 heterocycles. The molecule has 6 nitrogen and oxygen atoms in total. The van der Waals surface area contributed by atoms with E-state index >= 15 is 0 Å². The molecule has 4 rings (SSSR count). The van der Waals surface area contributed by atoms with Crippen molar-refractivity contribution in [3.63, 3.8) is 0 Å². The van der Waals surface area contributed by atoms with Gasteiger partial charge in [0.15, 0.2) is 11.6 Å². The Balaban J connectivity index is 0.000000202. The number of ketones is 2. The molecule has 36 heavy (non-hydrogen) atoms. The van der Waals surface area contributed by atoms with Crippen LogP contribution < -0.4 is 5.73 Å². The average molecular weight is 481 g/mol. The van der Waals surface area contributed by atoms with Crippen LogP contribution in [0, 0.1) is 10.1 Å². The van der Waals surface area contributed by atoms with Crippen molar-refractivity contribution in [3.05, 3.63) is 141 Å². The molecule has 0 amide bonds. The summed E-state index contributed by atoms with van der Waals surface area (Å²) in [6.45, 7) is 3.14. The molecule has 4 aromatic carbocycles. The third-order valence-electron chi connectivity index (χ3n) is 5.71. The lowest BCUT2D eigenvalue weighted by atomic mass is 9.98. The second-order valence-corrected chi connectivity index (χ2v) is 8.45. The smallest absolute Gasteiger partial charge is 0.269 e. The minimum Gasteiger partial charge on any atom is -0.399 e. The van der Waals surface area contributed by atoms with Crippen LogP contribution in [-0.4, -0.2) is 16.5 Å². The highest BCUT2D eigenvalue weighted by Gasteiger charge is 2.09. The van der Waals surface area contributed by atoms with Gasteiger partial charge in [0.25, 0.3) is 5.69 Å². The van der Waals surface area contributed by atoms with E-state index < -0.39 is 4.92 Å². The number of hydrogen-bond acceptors (Lipinski definition) is 5. The van der Waals surface area contributed by atoms with Gasteiger partial charge in [0.1, 0.15) is 0 Å². The molecule has 0 aromatic heterocycles. The Morgan fingerprint density at radius 1 is 0.667 bits per heavy atom. The van der Waals surface area contributed by atoms with Gasteiger partial charge in [-0.3, -0.25) is 19.7 Å².